The lowest BCUT2D eigenvalue weighted by Gasteiger charge is -2.23. The zero-order chi connectivity index (χ0) is 19.3. The van der Waals surface area contributed by atoms with Crippen molar-refractivity contribution in [3.8, 4) is 0 Å². The Balaban J connectivity index is 1.65. The first-order valence-electron chi connectivity index (χ1n) is 9.77. The molecule has 2 N–H and O–H groups in total. The van der Waals surface area contributed by atoms with Gasteiger partial charge in [-0.25, -0.2) is 8.42 Å². The Hall–Kier alpha value is -1.92. The molecule has 146 valence electrons. The van der Waals surface area contributed by atoms with Crippen molar-refractivity contribution in [2.75, 3.05) is 0 Å². The second kappa shape index (κ2) is 8.85. The van der Waals surface area contributed by atoms with Gasteiger partial charge in [0.2, 0.25) is 15.9 Å². The molecular formula is C21H28N2O3S. The normalized spacial score (nSPS) is 17.8. The van der Waals surface area contributed by atoms with E-state index in [1.807, 2.05) is 24.3 Å². The van der Waals surface area contributed by atoms with Crippen molar-refractivity contribution in [3.05, 3.63) is 42.5 Å². The van der Waals surface area contributed by atoms with Crippen LogP contribution in [0, 0.1) is 0 Å². The van der Waals surface area contributed by atoms with Gasteiger partial charge in [0.05, 0.1) is 10.9 Å². The number of hydrogen-bond donors (Lipinski definition) is 2. The van der Waals surface area contributed by atoms with Crippen molar-refractivity contribution >= 4 is 26.7 Å². The molecule has 1 aliphatic carbocycles. The Labute approximate surface area is 161 Å². The lowest BCUT2D eigenvalue weighted by molar-refractivity contribution is -0.123. The monoisotopic (exact) mass is 388 g/mol. The Morgan fingerprint density at radius 3 is 2.30 bits per heavy atom. The van der Waals surface area contributed by atoms with Crippen LogP contribution in [0.3, 0.4) is 0 Å². The molecule has 0 bridgehead atoms. The third kappa shape index (κ3) is 5.30. The number of carbonyl (C=O) groups is 1. The number of amides is 1. The Morgan fingerprint density at radius 2 is 1.59 bits per heavy atom. The van der Waals surface area contributed by atoms with E-state index in [1.54, 1.807) is 25.1 Å². The summed E-state index contributed by atoms with van der Waals surface area (Å²) in [5.41, 5.74) is 0. The minimum atomic E-state index is -3.76. The van der Waals surface area contributed by atoms with E-state index in [0.717, 1.165) is 36.5 Å². The first-order chi connectivity index (χ1) is 13.0. The van der Waals surface area contributed by atoms with Gasteiger partial charge in [0, 0.05) is 6.04 Å². The molecule has 0 radical (unpaired) electrons. The lowest BCUT2D eigenvalue weighted by atomic mass is 9.96. The molecule has 1 saturated carbocycles. The molecule has 0 aliphatic heterocycles. The molecule has 27 heavy (non-hydrogen) atoms. The molecule has 0 aromatic heterocycles. The van der Waals surface area contributed by atoms with Gasteiger partial charge in [0.1, 0.15) is 0 Å². The van der Waals surface area contributed by atoms with Crippen molar-refractivity contribution in [2.24, 2.45) is 0 Å². The molecule has 6 heteroatoms. The number of nitrogens with one attached hydrogen (secondary N) is 2. The highest BCUT2D eigenvalue weighted by Crippen LogP contribution is 2.20. The van der Waals surface area contributed by atoms with Crippen molar-refractivity contribution in [1.82, 2.24) is 10.0 Å². The minimum absolute atomic E-state index is 0.144. The molecule has 3 rings (SSSR count). The van der Waals surface area contributed by atoms with Gasteiger partial charge in [0.25, 0.3) is 0 Å². The van der Waals surface area contributed by atoms with E-state index in [2.05, 4.69) is 10.0 Å². The molecule has 2 aromatic rings. The maximum atomic E-state index is 12.7. The van der Waals surface area contributed by atoms with Crippen LogP contribution in [-0.4, -0.2) is 26.4 Å². The SMILES string of the molecule is C[C@@H](NS(=O)(=O)c1ccc2ccccc2c1)C(=O)NC1CCCCCCC1. The van der Waals surface area contributed by atoms with E-state index >= 15 is 0 Å². The highest BCUT2D eigenvalue weighted by molar-refractivity contribution is 7.89. The van der Waals surface area contributed by atoms with Gasteiger partial charge >= 0.3 is 0 Å². The lowest BCUT2D eigenvalue weighted by Crippen LogP contribution is -2.48. The van der Waals surface area contributed by atoms with Gasteiger partial charge in [0.15, 0.2) is 0 Å². The van der Waals surface area contributed by atoms with Crippen LogP contribution in [-0.2, 0) is 14.8 Å². The van der Waals surface area contributed by atoms with Gasteiger partial charge in [-0.1, -0.05) is 62.4 Å². The molecule has 0 spiro atoms. The van der Waals surface area contributed by atoms with E-state index < -0.39 is 16.1 Å². The largest absolute Gasteiger partial charge is 0.352 e. The zero-order valence-corrected chi connectivity index (χ0v) is 16.6. The number of hydrogen-bond acceptors (Lipinski definition) is 3. The minimum Gasteiger partial charge on any atom is -0.352 e. The average Bonchev–Trinajstić information content (AvgIpc) is 2.63. The van der Waals surface area contributed by atoms with Crippen LogP contribution in [0.15, 0.2) is 47.4 Å². The summed E-state index contributed by atoms with van der Waals surface area (Å²) in [5, 5.41) is 4.86. The second-order valence-electron chi connectivity index (χ2n) is 7.40. The van der Waals surface area contributed by atoms with Gasteiger partial charge in [-0.15, -0.1) is 0 Å². The first kappa shape index (κ1) is 19.8. The fourth-order valence-corrected chi connectivity index (χ4v) is 4.85. The van der Waals surface area contributed by atoms with Crippen molar-refractivity contribution < 1.29 is 13.2 Å². The van der Waals surface area contributed by atoms with Crippen molar-refractivity contribution in [1.29, 1.82) is 0 Å². The number of carbonyl (C=O) groups excluding carboxylic acids is 1. The summed E-state index contributed by atoms with van der Waals surface area (Å²) < 4.78 is 27.9. The van der Waals surface area contributed by atoms with Gasteiger partial charge < -0.3 is 5.32 Å². The van der Waals surface area contributed by atoms with E-state index in [4.69, 9.17) is 0 Å². The third-order valence-corrected chi connectivity index (χ3v) is 6.75. The molecule has 0 unspecified atom stereocenters. The molecule has 0 heterocycles. The van der Waals surface area contributed by atoms with Crippen molar-refractivity contribution in [3.63, 3.8) is 0 Å². The maximum Gasteiger partial charge on any atom is 0.241 e. The molecule has 1 amide bonds. The summed E-state index contributed by atoms with van der Waals surface area (Å²) in [6, 6.07) is 11.9. The summed E-state index contributed by atoms with van der Waals surface area (Å²) >= 11 is 0. The number of sulfonamides is 1. The summed E-state index contributed by atoms with van der Waals surface area (Å²) in [5.74, 6) is -0.259. The van der Waals surface area contributed by atoms with Crippen LogP contribution in [0.1, 0.15) is 51.9 Å². The van der Waals surface area contributed by atoms with Crippen molar-refractivity contribution in [2.45, 2.75) is 68.8 Å². The van der Waals surface area contributed by atoms with Crippen LogP contribution in [0.2, 0.25) is 0 Å². The average molecular weight is 389 g/mol. The predicted octanol–water partition coefficient (Wildman–Crippen LogP) is 3.74. The standard InChI is InChI=1S/C21H28N2O3S/c1-16(21(24)22-19-11-5-3-2-4-6-12-19)23-27(25,26)20-14-13-17-9-7-8-10-18(17)15-20/h7-10,13-16,19,23H,2-6,11-12H2,1H3,(H,22,24)/t16-/m1/s1. The van der Waals surface area contributed by atoms with E-state index in [-0.39, 0.29) is 16.8 Å². The molecule has 1 fully saturated rings. The fourth-order valence-electron chi connectivity index (χ4n) is 3.62. The Kier molecular flexibility index (Phi) is 6.50. The number of benzene rings is 2. The van der Waals surface area contributed by atoms with Gasteiger partial charge in [-0.3, -0.25) is 4.79 Å². The summed E-state index contributed by atoms with van der Waals surface area (Å²) in [6.07, 6.45) is 7.84. The summed E-state index contributed by atoms with van der Waals surface area (Å²) in [6.45, 7) is 1.59. The predicted molar refractivity (Wildman–Crippen MR) is 108 cm³/mol. The Morgan fingerprint density at radius 1 is 0.963 bits per heavy atom. The molecule has 5 nitrogen and oxygen atoms in total. The van der Waals surface area contributed by atoms with E-state index in [0.29, 0.717) is 0 Å². The van der Waals surface area contributed by atoms with Crippen LogP contribution in [0.25, 0.3) is 10.8 Å². The molecule has 1 aliphatic rings. The Bertz CT molecular complexity index is 887. The maximum absolute atomic E-state index is 12.7. The van der Waals surface area contributed by atoms with Crippen LogP contribution in [0.5, 0.6) is 0 Å². The van der Waals surface area contributed by atoms with Crippen LogP contribution < -0.4 is 10.0 Å². The smallest absolute Gasteiger partial charge is 0.241 e. The zero-order valence-electron chi connectivity index (χ0n) is 15.8. The fraction of sp³-hybridized carbons (Fsp3) is 0.476. The third-order valence-electron chi connectivity index (χ3n) is 5.21. The highest BCUT2D eigenvalue weighted by Gasteiger charge is 2.24. The number of fused-ring (bicyclic) bond motifs is 1. The van der Waals surface area contributed by atoms with Crippen LogP contribution in [0.4, 0.5) is 0 Å². The molecule has 1 atom stereocenters. The van der Waals surface area contributed by atoms with Gasteiger partial charge in [-0.2, -0.15) is 4.72 Å². The second-order valence-corrected chi connectivity index (χ2v) is 9.12. The summed E-state index contributed by atoms with van der Waals surface area (Å²) in [7, 11) is -3.76. The summed E-state index contributed by atoms with van der Waals surface area (Å²) in [4.78, 5) is 12.7. The molecule has 2 aromatic carbocycles. The first-order valence-corrected chi connectivity index (χ1v) is 11.3. The van der Waals surface area contributed by atoms with E-state index in [9.17, 15) is 13.2 Å². The molecular weight excluding hydrogens is 360 g/mol. The quantitative estimate of drug-likeness (QED) is 0.819. The number of rotatable bonds is 5. The highest BCUT2D eigenvalue weighted by atomic mass is 32.2. The topological polar surface area (TPSA) is 75.3 Å². The van der Waals surface area contributed by atoms with Crippen LogP contribution >= 0.6 is 0 Å². The molecule has 0 saturated heterocycles. The van der Waals surface area contributed by atoms with E-state index in [1.165, 1.54) is 19.3 Å². The van der Waals surface area contributed by atoms with Gasteiger partial charge in [-0.05, 0) is 42.7 Å².